The molecule has 2 amide bonds. The average molecular weight is 434 g/mol. The number of primary amides is 1. The molecule has 1 aromatic carbocycles. The van der Waals surface area contributed by atoms with Crippen LogP contribution in [0.25, 0.3) is 11.4 Å². The molecule has 2 atom stereocenters. The van der Waals surface area contributed by atoms with Gasteiger partial charge in [-0.15, -0.1) is 0 Å². The molecular weight excluding hydrogens is 410 g/mol. The third-order valence-corrected chi connectivity index (χ3v) is 5.43. The number of nitrogens with zero attached hydrogens (tertiary/aromatic N) is 4. The Morgan fingerprint density at radius 1 is 1.39 bits per heavy atom. The molecule has 9 nitrogen and oxygen atoms in total. The van der Waals surface area contributed by atoms with Crippen LogP contribution in [0.5, 0.6) is 5.75 Å². The number of nitrogens with one attached hydrogen (secondary N) is 1. The van der Waals surface area contributed by atoms with Crippen molar-refractivity contribution in [3.63, 3.8) is 0 Å². The van der Waals surface area contributed by atoms with Crippen LogP contribution in [-0.2, 0) is 16.1 Å². The zero-order valence-corrected chi connectivity index (χ0v) is 17.2. The van der Waals surface area contributed by atoms with Gasteiger partial charge in [-0.05, 0) is 26.1 Å². The molecule has 166 valence electrons. The minimum absolute atomic E-state index is 0.0538. The van der Waals surface area contributed by atoms with Gasteiger partial charge in [0.15, 0.2) is 5.82 Å². The van der Waals surface area contributed by atoms with Crippen LogP contribution < -0.4 is 20.7 Å². The van der Waals surface area contributed by atoms with E-state index in [1.54, 1.807) is 47.8 Å². The van der Waals surface area contributed by atoms with Gasteiger partial charge >= 0.3 is 0 Å². The van der Waals surface area contributed by atoms with Crippen molar-refractivity contribution in [3.8, 4) is 17.1 Å². The molecule has 0 aliphatic carbocycles. The summed E-state index contributed by atoms with van der Waals surface area (Å²) >= 11 is 0. The second-order valence-corrected chi connectivity index (χ2v) is 7.81. The number of fused-ring (bicyclic) bond motifs is 3. The first-order valence-electron chi connectivity index (χ1n) is 9.93. The lowest BCUT2D eigenvalue weighted by Gasteiger charge is -2.37. The van der Waals surface area contributed by atoms with Crippen molar-refractivity contribution in [2.45, 2.75) is 32.0 Å². The number of imidazole rings is 1. The molecular formula is C20H24F2N6O3. The molecule has 4 rings (SSSR count). The molecule has 0 unspecified atom stereocenters. The van der Waals surface area contributed by atoms with Crippen molar-refractivity contribution in [2.24, 2.45) is 5.73 Å². The summed E-state index contributed by atoms with van der Waals surface area (Å²) in [6.45, 7) is 2.55. The lowest BCUT2D eigenvalue weighted by molar-refractivity contribution is -0.123. The smallest absolute Gasteiger partial charge is 0.260 e. The Hall–Kier alpha value is -3.21. The summed E-state index contributed by atoms with van der Waals surface area (Å²) in [5.74, 6) is 0.366. The summed E-state index contributed by atoms with van der Waals surface area (Å²) in [5.41, 5.74) is 6.61. The normalized spacial score (nSPS) is 20.0. The Balaban J connectivity index is 1.69. The fourth-order valence-corrected chi connectivity index (χ4v) is 3.84. The number of alkyl halides is 2. The standard InChI is InChI=1S/C20H24F2N6O3/c1-11(19(23)30)24-12-3-4-13-15(7-12)31-6-5-27-9-16(25-20(13)27)28-14(18(21)22)8-26(2)10-17(28)29/h3-4,7,9,11,14,18,24H,5-6,8,10H2,1-2H3,(H2,23,30)/t11-,14-/m0/s1. The van der Waals surface area contributed by atoms with E-state index in [4.69, 9.17) is 10.5 Å². The maximum atomic E-state index is 13.7. The van der Waals surface area contributed by atoms with E-state index in [0.29, 0.717) is 36.0 Å². The SMILES string of the molecule is C[C@H](Nc1ccc2c(c1)OCCn1cc(N3C(=O)CN(C)C[C@H]3C(F)F)nc1-2)C(N)=O. The number of carbonyl (C=O) groups excluding carboxylic acids is 2. The number of ether oxygens (including phenoxy) is 1. The average Bonchev–Trinajstić information content (AvgIpc) is 3.03. The number of benzene rings is 1. The van der Waals surface area contributed by atoms with Gasteiger partial charge < -0.3 is 20.4 Å². The number of anilines is 2. The third kappa shape index (κ3) is 4.05. The van der Waals surface area contributed by atoms with Gasteiger partial charge in [-0.25, -0.2) is 13.8 Å². The van der Waals surface area contributed by atoms with E-state index in [1.165, 1.54) is 0 Å². The van der Waals surface area contributed by atoms with Crippen molar-refractivity contribution < 1.29 is 23.1 Å². The van der Waals surface area contributed by atoms with Gasteiger partial charge in [0.1, 0.15) is 30.3 Å². The number of piperazine rings is 1. The predicted octanol–water partition coefficient (Wildman–Crippen LogP) is 1.14. The first kappa shape index (κ1) is 21.0. The van der Waals surface area contributed by atoms with Gasteiger partial charge in [-0.2, -0.15) is 0 Å². The van der Waals surface area contributed by atoms with Gasteiger partial charge in [0.25, 0.3) is 6.43 Å². The van der Waals surface area contributed by atoms with E-state index in [-0.39, 0.29) is 18.9 Å². The maximum Gasteiger partial charge on any atom is 0.260 e. The monoisotopic (exact) mass is 434 g/mol. The zero-order chi connectivity index (χ0) is 22.3. The van der Waals surface area contributed by atoms with Crippen LogP contribution in [0.3, 0.4) is 0 Å². The minimum Gasteiger partial charge on any atom is -0.491 e. The zero-order valence-electron chi connectivity index (χ0n) is 17.2. The molecule has 1 aromatic heterocycles. The van der Waals surface area contributed by atoms with Crippen LogP contribution in [0.4, 0.5) is 20.3 Å². The number of rotatable bonds is 5. The van der Waals surface area contributed by atoms with Gasteiger partial charge in [-0.1, -0.05) is 0 Å². The number of aromatic nitrogens is 2. The first-order chi connectivity index (χ1) is 14.7. The number of likely N-dealkylation sites (N-methyl/N-ethyl adjacent to an activating group) is 1. The van der Waals surface area contributed by atoms with Crippen LogP contribution in [0.1, 0.15) is 6.92 Å². The summed E-state index contributed by atoms with van der Waals surface area (Å²) < 4.78 is 35.0. The number of carbonyl (C=O) groups is 2. The van der Waals surface area contributed by atoms with Crippen molar-refractivity contribution in [2.75, 3.05) is 37.0 Å². The quantitative estimate of drug-likeness (QED) is 0.731. The molecule has 31 heavy (non-hydrogen) atoms. The molecule has 0 radical (unpaired) electrons. The Morgan fingerprint density at radius 3 is 2.87 bits per heavy atom. The lowest BCUT2D eigenvalue weighted by Crippen LogP contribution is -2.58. The fraction of sp³-hybridized carbons (Fsp3) is 0.450. The number of hydrogen-bond acceptors (Lipinski definition) is 6. The number of nitrogens with two attached hydrogens (primary N) is 1. The van der Waals surface area contributed by atoms with E-state index in [0.717, 1.165) is 4.90 Å². The highest BCUT2D eigenvalue weighted by atomic mass is 19.3. The highest BCUT2D eigenvalue weighted by molar-refractivity contribution is 5.95. The van der Waals surface area contributed by atoms with Crippen molar-refractivity contribution >= 4 is 23.3 Å². The van der Waals surface area contributed by atoms with Gasteiger partial charge in [0.2, 0.25) is 11.8 Å². The molecule has 0 spiro atoms. The Kier molecular flexibility index (Phi) is 5.52. The highest BCUT2D eigenvalue weighted by Gasteiger charge is 2.39. The van der Waals surface area contributed by atoms with Crippen LogP contribution in [0.15, 0.2) is 24.4 Å². The molecule has 0 saturated carbocycles. The van der Waals surface area contributed by atoms with Gasteiger partial charge in [0.05, 0.1) is 18.7 Å². The molecule has 2 aliphatic rings. The van der Waals surface area contributed by atoms with Crippen molar-refractivity contribution in [1.29, 1.82) is 0 Å². The minimum atomic E-state index is -2.69. The van der Waals surface area contributed by atoms with E-state index in [9.17, 15) is 18.4 Å². The first-order valence-corrected chi connectivity index (χ1v) is 9.93. The van der Waals surface area contributed by atoms with E-state index >= 15 is 0 Å². The summed E-state index contributed by atoms with van der Waals surface area (Å²) in [5, 5.41) is 3.00. The molecule has 2 aromatic rings. The second kappa shape index (κ2) is 8.14. The van der Waals surface area contributed by atoms with Gasteiger partial charge in [-0.3, -0.25) is 19.4 Å². The van der Waals surface area contributed by atoms with E-state index in [2.05, 4.69) is 10.3 Å². The van der Waals surface area contributed by atoms with Crippen LogP contribution >= 0.6 is 0 Å². The summed E-state index contributed by atoms with van der Waals surface area (Å²) in [7, 11) is 1.64. The maximum absolute atomic E-state index is 13.7. The number of halogens is 2. The van der Waals surface area contributed by atoms with Crippen LogP contribution in [0.2, 0.25) is 0 Å². The van der Waals surface area contributed by atoms with Crippen LogP contribution in [0, 0.1) is 0 Å². The van der Waals surface area contributed by atoms with E-state index < -0.39 is 30.3 Å². The molecule has 2 aliphatic heterocycles. The highest BCUT2D eigenvalue weighted by Crippen LogP contribution is 2.36. The number of hydrogen-bond donors (Lipinski definition) is 2. The third-order valence-electron chi connectivity index (χ3n) is 5.43. The molecule has 3 N–H and O–H groups in total. The molecule has 0 bridgehead atoms. The lowest BCUT2D eigenvalue weighted by atomic mass is 10.1. The fourth-order valence-electron chi connectivity index (χ4n) is 3.84. The van der Waals surface area contributed by atoms with Gasteiger partial charge in [0, 0.05) is 24.5 Å². The topological polar surface area (TPSA) is 106 Å². The molecule has 1 fully saturated rings. The Morgan fingerprint density at radius 2 is 2.16 bits per heavy atom. The molecule has 1 saturated heterocycles. The molecule has 3 heterocycles. The Labute approximate surface area is 177 Å². The Bertz CT molecular complexity index is 1010. The van der Waals surface area contributed by atoms with Crippen molar-refractivity contribution in [1.82, 2.24) is 14.5 Å². The second-order valence-electron chi connectivity index (χ2n) is 7.81. The summed E-state index contributed by atoms with van der Waals surface area (Å²) in [6, 6.07) is 3.45. The van der Waals surface area contributed by atoms with Crippen molar-refractivity contribution in [3.05, 3.63) is 24.4 Å². The van der Waals surface area contributed by atoms with E-state index in [1.807, 2.05) is 0 Å². The summed E-state index contributed by atoms with van der Waals surface area (Å²) in [6.07, 6.45) is -1.07. The predicted molar refractivity (Wildman–Crippen MR) is 110 cm³/mol. The largest absolute Gasteiger partial charge is 0.491 e. The number of amides is 2. The molecule has 11 heteroatoms. The van der Waals surface area contributed by atoms with Crippen LogP contribution in [-0.4, -0.2) is 71.5 Å². The summed E-state index contributed by atoms with van der Waals surface area (Å²) in [4.78, 5) is 31.1.